The molecule has 1 spiro atoms. The molecule has 3 fully saturated rings. The highest BCUT2D eigenvalue weighted by molar-refractivity contribution is 6.74. The Morgan fingerprint density at radius 3 is 2.30 bits per heavy atom. The van der Waals surface area contributed by atoms with E-state index in [1.54, 1.807) is 7.11 Å². The molecule has 5 atom stereocenters. The largest absolute Gasteiger partial charge is 0.400 e. The highest BCUT2D eigenvalue weighted by atomic mass is 28.4. The Bertz CT molecular complexity index is 704. The van der Waals surface area contributed by atoms with Crippen LogP contribution in [0.15, 0.2) is 0 Å². The molecule has 1 aliphatic heterocycles. The molecule has 0 aromatic heterocycles. The molecular formula is C27H48O5Si. The van der Waals surface area contributed by atoms with E-state index in [9.17, 15) is 5.11 Å². The maximum Gasteiger partial charge on any atom is 0.198 e. The van der Waals surface area contributed by atoms with E-state index >= 15 is 0 Å². The summed E-state index contributed by atoms with van der Waals surface area (Å²) in [5.41, 5.74) is -1.39. The van der Waals surface area contributed by atoms with Crippen molar-refractivity contribution in [1.82, 2.24) is 0 Å². The molecule has 0 amide bonds. The van der Waals surface area contributed by atoms with Crippen molar-refractivity contribution in [1.29, 1.82) is 0 Å². The van der Waals surface area contributed by atoms with E-state index in [1.807, 2.05) is 0 Å². The summed E-state index contributed by atoms with van der Waals surface area (Å²) in [6, 6.07) is 0. The van der Waals surface area contributed by atoms with Crippen LogP contribution in [0, 0.1) is 24.2 Å². The zero-order valence-electron chi connectivity index (χ0n) is 22.2. The summed E-state index contributed by atoms with van der Waals surface area (Å²) in [5.74, 6) is 2.29. The summed E-state index contributed by atoms with van der Waals surface area (Å²) in [4.78, 5) is 0. The predicted molar refractivity (Wildman–Crippen MR) is 134 cm³/mol. The molecule has 3 rings (SSSR count). The molecule has 1 N–H and O–H groups in total. The summed E-state index contributed by atoms with van der Waals surface area (Å²) in [6.07, 6.45) is 14.5. The molecule has 0 aromatic rings. The number of hydrogen-bond acceptors (Lipinski definition) is 5. The second-order valence-electron chi connectivity index (χ2n) is 12.0. The van der Waals surface area contributed by atoms with Crippen LogP contribution >= 0.6 is 0 Å². The van der Waals surface area contributed by atoms with Gasteiger partial charge in [-0.05, 0) is 43.8 Å². The number of fused-ring (bicyclic) bond motifs is 2. The molecule has 2 saturated carbocycles. The number of rotatable bonds is 10. The van der Waals surface area contributed by atoms with Gasteiger partial charge in [0.25, 0.3) is 0 Å². The first kappa shape index (κ1) is 27.2. The zero-order valence-corrected chi connectivity index (χ0v) is 23.2. The van der Waals surface area contributed by atoms with Crippen molar-refractivity contribution in [3.8, 4) is 12.3 Å². The summed E-state index contributed by atoms with van der Waals surface area (Å²) in [6.45, 7) is 14.7. The van der Waals surface area contributed by atoms with Crippen LogP contribution in [0.3, 0.4) is 0 Å². The molecule has 3 aliphatic rings. The minimum atomic E-state index is -2.21. The van der Waals surface area contributed by atoms with Gasteiger partial charge in [0.2, 0.25) is 0 Å². The van der Waals surface area contributed by atoms with Crippen LogP contribution < -0.4 is 0 Å². The third kappa shape index (κ3) is 4.59. The van der Waals surface area contributed by atoms with Gasteiger partial charge in [-0.3, -0.25) is 0 Å². The van der Waals surface area contributed by atoms with E-state index in [0.29, 0.717) is 32.5 Å². The minimum Gasteiger partial charge on any atom is -0.400 e. The van der Waals surface area contributed by atoms with Crippen LogP contribution in [0.4, 0.5) is 0 Å². The molecular weight excluding hydrogens is 432 g/mol. The molecule has 1 heterocycles. The second kappa shape index (κ2) is 9.91. The van der Waals surface area contributed by atoms with Gasteiger partial charge in [-0.1, -0.05) is 59.3 Å². The third-order valence-electron chi connectivity index (χ3n) is 9.19. The van der Waals surface area contributed by atoms with Crippen molar-refractivity contribution in [3.63, 3.8) is 0 Å². The maximum atomic E-state index is 11.4. The first-order valence-electron chi connectivity index (χ1n) is 13.1. The summed E-state index contributed by atoms with van der Waals surface area (Å²) in [7, 11) is -0.454. The smallest absolute Gasteiger partial charge is 0.198 e. The highest BCUT2D eigenvalue weighted by Crippen LogP contribution is 2.65. The Balaban J connectivity index is 1.96. The maximum absolute atomic E-state index is 11.4. The lowest BCUT2D eigenvalue weighted by Crippen LogP contribution is -2.77. The summed E-state index contributed by atoms with van der Waals surface area (Å²) in [5, 5.41) is 11.5. The minimum absolute atomic E-state index is 0.0216. The lowest BCUT2D eigenvalue weighted by Gasteiger charge is -2.67. The van der Waals surface area contributed by atoms with Crippen molar-refractivity contribution in [2.75, 3.05) is 20.3 Å². The molecule has 0 aromatic carbocycles. The van der Waals surface area contributed by atoms with E-state index in [2.05, 4.69) is 46.7 Å². The summed E-state index contributed by atoms with van der Waals surface area (Å²) < 4.78 is 25.6. The topological polar surface area (TPSA) is 57.2 Å². The molecule has 1 saturated heterocycles. The molecule has 0 bridgehead atoms. The Morgan fingerprint density at radius 1 is 1.12 bits per heavy atom. The van der Waals surface area contributed by atoms with Gasteiger partial charge in [-0.15, -0.1) is 6.42 Å². The fourth-order valence-electron chi connectivity index (χ4n) is 6.33. The van der Waals surface area contributed by atoms with Crippen molar-refractivity contribution in [2.45, 2.75) is 127 Å². The van der Waals surface area contributed by atoms with Gasteiger partial charge in [-0.2, -0.15) is 0 Å². The van der Waals surface area contributed by atoms with Crippen LogP contribution in [0.25, 0.3) is 0 Å². The molecule has 6 heteroatoms. The van der Waals surface area contributed by atoms with Gasteiger partial charge >= 0.3 is 0 Å². The average Bonchev–Trinajstić information content (AvgIpc) is 3.24. The predicted octanol–water partition coefficient (Wildman–Crippen LogP) is 5.66. The normalized spacial score (nSPS) is 33.2. The van der Waals surface area contributed by atoms with E-state index in [-0.39, 0.29) is 16.9 Å². The standard InChI is InChI=1S/C27H48O5Si/c1-9-11-12-13-14-16-25(10-2,32-33(7,8)24(3,4)5)23-21-20-27(30-18-19-31-27)26(21,29-6)17-15-22(23)28/h2,21-23,28H,9,11-20H2,1,3-8H3/t21-,22-,23-,25?,26-/m1/s1. The van der Waals surface area contributed by atoms with Crippen LogP contribution in [0.2, 0.25) is 18.1 Å². The first-order valence-corrected chi connectivity index (χ1v) is 16.0. The fraction of sp³-hybridized carbons (Fsp3) is 0.926. The van der Waals surface area contributed by atoms with E-state index in [4.69, 9.17) is 25.1 Å². The van der Waals surface area contributed by atoms with Crippen LogP contribution in [-0.4, -0.2) is 56.8 Å². The molecule has 190 valence electrons. The number of terminal acetylenes is 1. The Kier molecular flexibility index (Phi) is 8.16. The monoisotopic (exact) mass is 480 g/mol. The van der Waals surface area contributed by atoms with Crippen molar-refractivity contribution in [3.05, 3.63) is 0 Å². The van der Waals surface area contributed by atoms with Crippen LogP contribution in [0.5, 0.6) is 0 Å². The average molecular weight is 481 g/mol. The van der Waals surface area contributed by atoms with Gasteiger partial charge in [0.05, 0.1) is 19.3 Å². The Hall–Kier alpha value is -0.423. The van der Waals surface area contributed by atoms with E-state index in [1.165, 1.54) is 19.3 Å². The van der Waals surface area contributed by atoms with Gasteiger partial charge in [0, 0.05) is 25.4 Å². The van der Waals surface area contributed by atoms with Gasteiger partial charge in [0.1, 0.15) is 11.2 Å². The lowest BCUT2D eigenvalue weighted by atomic mass is 9.49. The van der Waals surface area contributed by atoms with Crippen LogP contribution in [-0.2, 0) is 18.6 Å². The molecule has 0 radical (unpaired) electrons. The number of methoxy groups -OCH3 is 1. The van der Waals surface area contributed by atoms with Crippen molar-refractivity contribution >= 4 is 8.32 Å². The molecule has 33 heavy (non-hydrogen) atoms. The van der Waals surface area contributed by atoms with Crippen LogP contribution in [0.1, 0.15) is 85.5 Å². The van der Waals surface area contributed by atoms with Gasteiger partial charge in [0.15, 0.2) is 14.1 Å². The SMILES string of the molecule is C#CC(CCCCCCC)(O[Si](C)(C)C(C)(C)C)[C@H]1[C@H](O)CC[C@@]2(OC)[C@@H]1CC21OCCO1. The number of ether oxygens (including phenoxy) is 3. The van der Waals surface area contributed by atoms with Gasteiger partial charge < -0.3 is 23.7 Å². The van der Waals surface area contributed by atoms with Gasteiger partial charge in [-0.25, -0.2) is 0 Å². The highest BCUT2D eigenvalue weighted by Gasteiger charge is 2.75. The third-order valence-corrected chi connectivity index (χ3v) is 13.7. The zero-order chi connectivity index (χ0) is 24.5. The van der Waals surface area contributed by atoms with Crippen molar-refractivity contribution < 1.29 is 23.7 Å². The van der Waals surface area contributed by atoms with Crippen molar-refractivity contribution in [2.24, 2.45) is 11.8 Å². The number of hydrogen-bond donors (Lipinski definition) is 1. The lowest BCUT2D eigenvalue weighted by molar-refractivity contribution is -0.392. The molecule has 2 aliphatic carbocycles. The quantitative estimate of drug-likeness (QED) is 0.248. The second-order valence-corrected chi connectivity index (χ2v) is 16.8. The number of aliphatic hydroxyl groups is 1. The van der Waals surface area contributed by atoms with E-state index in [0.717, 1.165) is 19.3 Å². The Morgan fingerprint density at radius 2 is 1.76 bits per heavy atom. The number of aliphatic hydroxyl groups excluding tert-OH is 1. The molecule has 5 nitrogen and oxygen atoms in total. The fourth-order valence-corrected chi connectivity index (χ4v) is 7.84. The summed E-state index contributed by atoms with van der Waals surface area (Å²) >= 11 is 0. The van der Waals surface area contributed by atoms with E-state index < -0.39 is 31.4 Å². The molecule has 1 unspecified atom stereocenters. The first-order chi connectivity index (χ1) is 15.4. The number of unbranched alkanes of at least 4 members (excludes halogenated alkanes) is 4. The Labute approximate surface area is 203 Å².